The van der Waals surface area contributed by atoms with Crippen molar-refractivity contribution in [2.45, 2.75) is 45.6 Å². The minimum absolute atomic E-state index is 0.193. The highest BCUT2D eigenvalue weighted by Gasteiger charge is 2.33. The summed E-state index contributed by atoms with van der Waals surface area (Å²) in [5, 5.41) is 13.3. The van der Waals surface area contributed by atoms with Gasteiger partial charge in [-0.15, -0.1) is 0 Å². The van der Waals surface area contributed by atoms with Gasteiger partial charge in [0.05, 0.1) is 5.92 Å². The molecule has 1 aromatic rings. The summed E-state index contributed by atoms with van der Waals surface area (Å²) < 4.78 is 1.90. The van der Waals surface area contributed by atoms with Crippen molar-refractivity contribution in [1.82, 2.24) is 14.8 Å². The number of aliphatic carboxylic acids is 1. The second-order valence-electron chi connectivity index (χ2n) is 4.74. The van der Waals surface area contributed by atoms with E-state index in [1.165, 1.54) is 0 Å². The van der Waals surface area contributed by atoms with Gasteiger partial charge in [0, 0.05) is 13.0 Å². The van der Waals surface area contributed by atoms with E-state index >= 15 is 0 Å². The molecule has 2 rings (SSSR count). The van der Waals surface area contributed by atoms with Crippen LogP contribution in [0.1, 0.15) is 38.4 Å². The van der Waals surface area contributed by atoms with Gasteiger partial charge >= 0.3 is 5.97 Å². The summed E-state index contributed by atoms with van der Waals surface area (Å²) in [6.07, 6.45) is 6.15. The van der Waals surface area contributed by atoms with E-state index < -0.39 is 5.97 Å². The maximum absolute atomic E-state index is 11.1. The molecule has 1 aromatic heterocycles. The second kappa shape index (κ2) is 5.29. The molecule has 94 valence electrons. The van der Waals surface area contributed by atoms with Crippen molar-refractivity contribution in [2.75, 3.05) is 0 Å². The van der Waals surface area contributed by atoms with Gasteiger partial charge in [-0.05, 0) is 25.2 Å². The van der Waals surface area contributed by atoms with Gasteiger partial charge < -0.3 is 5.11 Å². The van der Waals surface area contributed by atoms with Crippen LogP contribution in [0.5, 0.6) is 0 Å². The summed E-state index contributed by atoms with van der Waals surface area (Å²) in [7, 11) is 0. The normalized spacial score (nSPS) is 24.1. The number of hydrogen-bond donors (Lipinski definition) is 1. The predicted molar refractivity (Wildman–Crippen MR) is 62.5 cm³/mol. The monoisotopic (exact) mass is 237 g/mol. The molecule has 1 aliphatic carbocycles. The van der Waals surface area contributed by atoms with Crippen LogP contribution in [-0.2, 0) is 17.8 Å². The van der Waals surface area contributed by atoms with E-state index in [0.717, 1.165) is 44.5 Å². The lowest BCUT2D eigenvalue weighted by molar-refractivity contribution is -0.142. The zero-order chi connectivity index (χ0) is 12.3. The first kappa shape index (κ1) is 12.1. The largest absolute Gasteiger partial charge is 0.481 e. The van der Waals surface area contributed by atoms with Gasteiger partial charge in [-0.3, -0.25) is 9.48 Å². The summed E-state index contributed by atoms with van der Waals surface area (Å²) in [6.45, 7) is 2.96. The van der Waals surface area contributed by atoms with Crippen LogP contribution in [-0.4, -0.2) is 25.8 Å². The molecular formula is C12H19N3O2. The van der Waals surface area contributed by atoms with Crippen molar-refractivity contribution in [2.24, 2.45) is 11.8 Å². The van der Waals surface area contributed by atoms with Gasteiger partial charge in [0.25, 0.3) is 0 Å². The van der Waals surface area contributed by atoms with Gasteiger partial charge in [0.15, 0.2) is 0 Å². The summed E-state index contributed by atoms with van der Waals surface area (Å²) in [5.74, 6) is 0.313. The molecule has 0 bridgehead atoms. The van der Waals surface area contributed by atoms with Crippen LogP contribution >= 0.6 is 0 Å². The Morgan fingerprint density at radius 3 is 3.12 bits per heavy atom. The van der Waals surface area contributed by atoms with Crippen LogP contribution in [0.4, 0.5) is 0 Å². The number of carbonyl (C=O) groups is 1. The number of aromatic nitrogens is 3. The van der Waals surface area contributed by atoms with Gasteiger partial charge in [-0.2, -0.15) is 5.10 Å². The van der Waals surface area contributed by atoms with Crippen molar-refractivity contribution in [3.05, 3.63) is 12.2 Å². The van der Waals surface area contributed by atoms with E-state index in [2.05, 4.69) is 17.0 Å². The molecule has 5 nitrogen and oxygen atoms in total. The fourth-order valence-corrected chi connectivity index (χ4v) is 2.69. The maximum Gasteiger partial charge on any atom is 0.306 e. The average molecular weight is 237 g/mol. The van der Waals surface area contributed by atoms with E-state index in [1.807, 2.05) is 4.68 Å². The Morgan fingerprint density at radius 2 is 2.41 bits per heavy atom. The Hall–Kier alpha value is -1.39. The summed E-state index contributed by atoms with van der Waals surface area (Å²) in [5.41, 5.74) is 0. The Balaban J connectivity index is 2.04. The van der Waals surface area contributed by atoms with Crippen molar-refractivity contribution in [3.8, 4) is 0 Å². The third-order valence-electron chi connectivity index (χ3n) is 3.55. The Labute approximate surface area is 101 Å². The lowest BCUT2D eigenvalue weighted by Crippen LogP contribution is -2.21. The molecule has 1 fully saturated rings. The zero-order valence-corrected chi connectivity index (χ0v) is 10.2. The molecule has 0 aromatic carbocycles. The number of aryl methyl sites for hydroxylation is 1. The number of nitrogens with zero attached hydrogens (tertiary/aromatic N) is 3. The van der Waals surface area contributed by atoms with Gasteiger partial charge in [-0.25, -0.2) is 4.98 Å². The smallest absolute Gasteiger partial charge is 0.306 e. The van der Waals surface area contributed by atoms with Crippen LogP contribution in [0.2, 0.25) is 0 Å². The molecule has 1 saturated carbocycles. The van der Waals surface area contributed by atoms with E-state index in [9.17, 15) is 4.79 Å². The van der Waals surface area contributed by atoms with E-state index in [0.29, 0.717) is 0 Å². The molecular weight excluding hydrogens is 218 g/mol. The fraction of sp³-hybridized carbons (Fsp3) is 0.750. The van der Waals surface area contributed by atoms with Crippen LogP contribution in [0.25, 0.3) is 0 Å². The van der Waals surface area contributed by atoms with Gasteiger partial charge in [0.1, 0.15) is 12.2 Å². The first-order valence-electron chi connectivity index (χ1n) is 6.31. The number of hydrogen-bond acceptors (Lipinski definition) is 3. The lowest BCUT2D eigenvalue weighted by atomic mass is 9.93. The van der Waals surface area contributed by atoms with Crippen molar-refractivity contribution < 1.29 is 9.90 Å². The quantitative estimate of drug-likeness (QED) is 0.846. The van der Waals surface area contributed by atoms with Gasteiger partial charge in [0.2, 0.25) is 0 Å². The highest BCUT2D eigenvalue weighted by Crippen LogP contribution is 2.34. The Kier molecular flexibility index (Phi) is 3.76. The van der Waals surface area contributed by atoms with Crippen molar-refractivity contribution >= 4 is 5.97 Å². The molecule has 2 atom stereocenters. The molecule has 1 heterocycles. The predicted octanol–water partition coefficient (Wildman–Crippen LogP) is 1.73. The highest BCUT2D eigenvalue weighted by molar-refractivity contribution is 5.70. The van der Waals surface area contributed by atoms with E-state index in [-0.39, 0.29) is 11.8 Å². The molecule has 0 saturated heterocycles. The molecule has 1 N–H and O–H groups in total. The third kappa shape index (κ3) is 2.65. The van der Waals surface area contributed by atoms with E-state index in [4.69, 9.17) is 5.11 Å². The second-order valence-corrected chi connectivity index (χ2v) is 4.74. The highest BCUT2D eigenvalue weighted by atomic mass is 16.4. The Morgan fingerprint density at radius 1 is 1.59 bits per heavy atom. The molecule has 0 amide bonds. The molecule has 5 heteroatoms. The number of carboxylic acids is 1. The zero-order valence-electron chi connectivity index (χ0n) is 10.2. The first-order valence-corrected chi connectivity index (χ1v) is 6.31. The summed E-state index contributed by atoms with van der Waals surface area (Å²) in [4.78, 5) is 15.4. The Bertz CT molecular complexity index is 389. The van der Waals surface area contributed by atoms with Gasteiger partial charge in [-0.1, -0.05) is 13.3 Å². The number of rotatable bonds is 5. The number of carboxylic acid groups (broad SMARTS) is 1. The molecule has 0 aliphatic heterocycles. The molecule has 2 unspecified atom stereocenters. The molecule has 0 spiro atoms. The third-order valence-corrected chi connectivity index (χ3v) is 3.55. The topological polar surface area (TPSA) is 68.0 Å². The standard InChI is InChI=1S/C12H19N3O2/c1-2-6-15-11(13-8-14-15)7-9-4-3-5-10(9)12(16)17/h8-10H,2-7H2,1H3,(H,16,17). The average Bonchev–Trinajstić information content (AvgIpc) is 2.89. The summed E-state index contributed by atoms with van der Waals surface area (Å²) in [6, 6.07) is 0. The van der Waals surface area contributed by atoms with E-state index in [1.54, 1.807) is 6.33 Å². The molecule has 1 aliphatic rings. The summed E-state index contributed by atoms with van der Waals surface area (Å²) >= 11 is 0. The maximum atomic E-state index is 11.1. The molecule has 0 radical (unpaired) electrons. The van der Waals surface area contributed by atoms with Crippen LogP contribution in [0, 0.1) is 11.8 Å². The van der Waals surface area contributed by atoms with Crippen LogP contribution < -0.4 is 0 Å². The van der Waals surface area contributed by atoms with Crippen LogP contribution in [0.3, 0.4) is 0 Å². The first-order chi connectivity index (χ1) is 8.22. The van der Waals surface area contributed by atoms with Crippen molar-refractivity contribution in [1.29, 1.82) is 0 Å². The molecule has 17 heavy (non-hydrogen) atoms. The lowest BCUT2D eigenvalue weighted by Gasteiger charge is -2.15. The fourth-order valence-electron chi connectivity index (χ4n) is 2.69. The minimum atomic E-state index is -0.658. The SMILES string of the molecule is CCCn1ncnc1CC1CCCC1C(=O)O. The minimum Gasteiger partial charge on any atom is -0.481 e. The van der Waals surface area contributed by atoms with Crippen molar-refractivity contribution in [3.63, 3.8) is 0 Å². The van der Waals surface area contributed by atoms with Crippen LogP contribution in [0.15, 0.2) is 6.33 Å².